The van der Waals surface area contributed by atoms with E-state index in [9.17, 15) is 0 Å². The third-order valence-electron chi connectivity index (χ3n) is 5.43. The van der Waals surface area contributed by atoms with Crippen molar-refractivity contribution in [3.63, 3.8) is 0 Å². The van der Waals surface area contributed by atoms with Crippen molar-refractivity contribution in [3.05, 3.63) is 18.0 Å². The van der Waals surface area contributed by atoms with Gasteiger partial charge in [-0.25, -0.2) is 0 Å². The number of aromatic nitrogens is 2. The summed E-state index contributed by atoms with van der Waals surface area (Å²) >= 11 is 0. The molecular weight excluding hydrogens is 471 g/mol. The van der Waals surface area contributed by atoms with E-state index in [1.807, 2.05) is 31.2 Å². The maximum Gasteiger partial charge on any atom is 0.193 e. The quantitative estimate of drug-likeness (QED) is 0.370. The average molecular weight is 506 g/mol. The first-order valence-corrected chi connectivity index (χ1v) is 9.96. The van der Waals surface area contributed by atoms with E-state index in [0.29, 0.717) is 18.6 Å². The third-order valence-corrected chi connectivity index (χ3v) is 5.43. The summed E-state index contributed by atoms with van der Waals surface area (Å²) in [6, 6.07) is 0.473. The number of aryl methyl sites for hydroxylation is 1. The molecule has 2 aliphatic heterocycles. The van der Waals surface area contributed by atoms with Crippen molar-refractivity contribution in [2.45, 2.75) is 26.0 Å². The molecule has 0 saturated carbocycles. The van der Waals surface area contributed by atoms with E-state index >= 15 is 0 Å². The molecule has 0 aliphatic carbocycles. The largest absolute Gasteiger partial charge is 0.379 e. The number of guanidine groups is 1. The maximum atomic E-state index is 5.96. The molecule has 1 aromatic rings. The van der Waals surface area contributed by atoms with Crippen molar-refractivity contribution in [2.75, 3.05) is 59.6 Å². The molecule has 0 spiro atoms. The van der Waals surface area contributed by atoms with Crippen molar-refractivity contribution in [1.29, 1.82) is 0 Å². The molecule has 1 aromatic heterocycles. The number of aliphatic imine (C=N–C) groups is 1. The molecule has 0 bridgehead atoms. The standard InChI is InChI=1S/C19H34N6O2.HI/c1-15(2)17(24-5-8-26-9-6-24)12-21-19(20-3)25-7-10-27-18(14-25)16-11-22-23(4)13-16;/h11,13,15,17-18H,5-10,12,14H2,1-4H3,(H,20,21);1H. The minimum absolute atomic E-state index is 0. The van der Waals surface area contributed by atoms with E-state index in [1.165, 1.54) is 0 Å². The lowest BCUT2D eigenvalue weighted by Gasteiger charge is -2.39. The van der Waals surface area contributed by atoms with Crippen LogP contribution in [0.25, 0.3) is 0 Å². The first kappa shape index (κ1) is 23.4. The summed E-state index contributed by atoms with van der Waals surface area (Å²) in [5, 5.41) is 7.88. The number of nitrogens with one attached hydrogen (secondary N) is 1. The Morgan fingerprint density at radius 2 is 2.04 bits per heavy atom. The minimum Gasteiger partial charge on any atom is -0.379 e. The van der Waals surface area contributed by atoms with Gasteiger partial charge in [-0.15, -0.1) is 24.0 Å². The zero-order chi connectivity index (χ0) is 19.2. The number of rotatable bonds is 5. The molecule has 2 fully saturated rings. The Hall–Kier alpha value is -0.910. The highest BCUT2D eigenvalue weighted by atomic mass is 127. The monoisotopic (exact) mass is 506 g/mol. The van der Waals surface area contributed by atoms with Crippen LogP contribution >= 0.6 is 24.0 Å². The highest BCUT2D eigenvalue weighted by molar-refractivity contribution is 14.0. The van der Waals surface area contributed by atoms with Gasteiger partial charge in [0.15, 0.2) is 5.96 Å². The summed E-state index contributed by atoms with van der Waals surface area (Å²) in [4.78, 5) is 9.36. The van der Waals surface area contributed by atoms with Gasteiger partial charge in [-0.05, 0) is 5.92 Å². The van der Waals surface area contributed by atoms with Crippen molar-refractivity contribution in [1.82, 2.24) is 24.9 Å². The Balaban J connectivity index is 0.00000280. The summed E-state index contributed by atoms with van der Waals surface area (Å²) in [5.41, 5.74) is 1.12. The molecular formula is C19H35IN6O2. The van der Waals surface area contributed by atoms with Gasteiger partial charge < -0.3 is 19.7 Å². The first-order valence-electron chi connectivity index (χ1n) is 9.96. The second-order valence-corrected chi connectivity index (χ2v) is 7.64. The number of morpholine rings is 2. The summed E-state index contributed by atoms with van der Waals surface area (Å²) in [5.74, 6) is 1.52. The van der Waals surface area contributed by atoms with Crippen molar-refractivity contribution in [2.24, 2.45) is 18.0 Å². The zero-order valence-corrected chi connectivity index (χ0v) is 19.8. The van der Waals surface area contributed by atoms with E-state index in [2.05, 4.69) is 39.1 Å². The summed E-state index contributed by atoms with van der Waals surface area (Å²) in [6.07, 6.45) is 3.95. The molecule has 2 saturated heterocycles. The SMILES string of the molecule is CN=C(NCC(C(C)C)N1CCOCC1)N1CCOC(c2cnn(C)c2)C1.I. The van der Waals surface area contributed by atoms with E-state index < -0.39 is 0 Å². The zero-order valence-electron chi connectivity index (χ0n) is 17.5. The molecule has 2 atom stereocenters. The number of nitrogens with zero attached hydrogens (tertiary/aromatic N) is 5. The van der Waals surface area contributed by atoms with Gasteiger partial charge in [0.05, 0.1) is 32.6 Å². The van der Waals surface area contributed by atoms with Gasteiger partial charge >= 0.3 is 0 Å². The van der Waals surface area contributed by atoms with Crippen LogP contribution in [-0.4, -0.2) is 91.2 Å². The van der Waals surface area contributed by atoms with Crippen LogP contribution in [0.3, 0.4) is 0 Å². The minimum atomic E-state index is 0. The van der Waals surface area contributed by atoms with Gasteiger partial charge in [0.1, 0.15) is 6.10 Å². The Morgan fingerprint density at radius 1 is 1.29 bits per heavy atom. The second-order valence-electron chi connectivity index (χ2n) is 7.64. The van der Waals surface area contributed by atoms with Crippen LogP contribution < -0.4 is 5.32 Å². The Morgan fingerprint density at radius 3 is 2.64 bits per heavy atom. The Kier molecular flexibility index (Phi) is 9.45. The highest BCUT2D eigenvalue weighted by Gasteiger charge is 2.27. The van der Waals surface area contributed by atoms with Crippen LogP contribution in [0.4, 0.5) is 0 Å². The average Bonchev–Trinajstić information content (AvgIpc) is 3.12. The van der Waals surface area contributed by atoms with Crippen LogP contribution in [-0.2, 0) is 16.5 Å². The van der Waals surface area contributed by atoms with Gasteiger partial charge in [0.25, 0.3) is 0 Å². The molecule has 0 radical (unpaired) electrons. The molecule has 9 heteroatoms. The van der Waals surface area contributed by atoms with Crippen LogP contribution in [0.1, 0.15) is 25.5 Å². The normalized spacial score (nSPS) is 22.8. The highest BCUT2D eigenvalue weighted by Crippen LogP contribution is 2.21. The molecule has 1 N–H and O–H groups in total. The predicted molar refractivity (Wildman–Crippen MR) is 121 cm³/mol. The lowest BCUT2D eigenvalue weighted by molar-refractivity contribution is -0.00896. The topological polar surface area (TPSA) is 67.2 Å². The van der Waals surface area contributed by atoms with Crippen molar-refractivity contribution in [3.8, 4) is 0 Å². The molecule has 2 unspecified atom stereocenters. The fourth-order valence-electron chi connectivity index (χ4n) is 3.87. The summed E-state index contributed by atoms with van der Waals surface area (Å²) in [6.45, 7) is 11.5. The molecule has 2 aliphatic rings. The van der Waals surface area contributed by atoms with Gasteiger partial charge in [-0.3, -0.25) is 14.6 Å². The maximum absolute atomic E-state index is 5.96. The van der Waals surface area contributed by atoms with Crippen molar-refractivity contribution >= 4 is 29.9 Å². The third kappa shape index (κ3) is 6.04. The van der Waals surface area contributed by atoms with Crippen molar-refractivity contribution < 1.29 is 9.47 Å². The van der Waals surface area contributed by atoms with E-state index in [4.69, 9.17) is 9.47 Å². The second kappa shape index (κ2) is 11.3. The van der Waals surface area contributed by atoms with Gasteiger partial charge in [0, 0.05) is 58.1 Å². The smallest absolute Gasteiger partial charge is 0.193 e. The molecule has 160 valence electrons. The Labute approximate surface area is 185 Å². The number of ether oxygens (including phenoxy) is 2. The van der Waals surface area contributed by atoms with Gasteiger partial charge in [-0.1, -0.05) is 13.8 Å². The van der Waals surface area contributed by atoms with Crippen LogP contribution in [0.5, 0.6) is 0 Å². The molecule has 28 heavy (non-hydrogen) atoms. The molecule has 0 amide bonds. The number of hydrogen-bond donors (Lipinski definition) is 1. The van der Waals surface area contributed by atoms with E-state index in [0.717, 1.165) is 57.5 Å². The van der Waals surface area contributed by atoms with Gasteiger partial charge in [0.2, 0.25) is 0 Å². The number of halogens is 1. The Bertz CT molecular complexity index is 617. The lowest BCUT2D eigenvalue weighted by Crippen LogP contribution is -2.54. The molecule has 3 rings (SSSR count). The molecule has 0 aromatic carbocycles. The lowest BCUT2D eigenvalue weighted by atomic mass is 10.0. The van der Waals surface area contributed by atoms with Crippen LogP contribution in [0, 0.1) is 5.92 Å². The van der Waals surface area contributed by atoms with Crippen LogP contribution in [0.15, 0.2) is 17.4 Å². The van der Waals surface area contributed by atoms with Gasteiger partial charge in [-0.2, -0.15) is 5.10 Å². The van der Waals surface area contributed by atoms with E-state index in [1.54, 1.807) is 0 Å². The summed E-state index contributed by atoms with van der Waals surface area (Å²) in [7, 11) is 3.79. The number of hydrogen-bond acceptors (Lipinski definition) is 5. The van der Waals surface area contributed by atoms with Crippen LogP contribution in [0.2, 0.25) is 0 Å². The fraction of sp³-hybridized carbons (Fsp3) is 0.789. The first-order chi connectivity index (χ1) is 13.1. The predicted octanol–water partition coefficient (Wildman–Crippen LogP) is 1.34. The van der Waals surface area contributed by atoms with E-state index in [-0.39, 0.29) is 30.1 Å². The molecule has 3 heterocycles. The fourth-order valence-corrected chi connectivity index (χ4v) is 3.87. The molecule has 8 nitrogen and oxygen atoms in total. The summed E-state index contributed by atoms with van der Waals surface area (Å²) < 4.78 is 13.3.